The third-order valence-electron chi connectivity index (χ3n) is 2.44. The lowest BCUT2D eigenvalue weighted by atomic mass is 10.4. The molecule has 5 N–H and O–H groups in total. The van der Waals surface area contributed by atoms with Crippen LogP contribution in [-0.2, 0) is 11.3 Å². The molecule has 0 amide bonds. The van der Waals surface area contributed by atoms with Crippen LogP contribution in [0.15, 0.2) is 0 Å². The Kier molecular flexibility index (Phi) is 3.71. The predicted octanol–water partition coefficient (Wildman–Crippen LogP) is -1.51. The van der Waals surface area contributed by atoms with E-state index in [4.69, 9.17) is 28.5 Å². The fraction of sp³-hybridized carbons (Fsp3) is 0.625. The van der Waals surface area contributed by atoms with Gasteiger partial charge in [0.05, 0.1) is 19.8 Å². The Morgan fingerprint density at radius 2 is 2.18 bits per heavy atom. The van der Waals surface area contributed by atoms with Crippen LogP contribution in [0.25, 0.3) is 0 Å². The Morgan fingerprint density at radius 1 is 1.47 bits per heavy atom. The number of hydrogen-bond donors (Lipinski definition) is 3. The number of hydrazine groups is 1. The summed E-state index contributed by atoms with van der Waals surface area (Å²) in [5.74, 6) is 6.12. The van der Waals surface area contributed by atoms with Gasteiger partial charge in [0, 0.05) is 13.1 Å². The minimum Gasteiger partial charge on any atom is -0.378 e. The molecule has 2 rings (SSSR count). The van der Waals surface area contributed by atoms with Gasteiger partial charge in [-0.2, -0.15) is 4.98 Å². The molecule has 0 spiro atoms. The quantitative estimate of drug-likeness (QED) is 0.341. The van der Waals surface area contributed by atoms with Crippen LogP contribution in [0.1, 0.15) is 0 Å². The van der Waals surface area contributed by atoms with Crippen LogP contribution in [0.5, 0.6) is 0 Å². The smallest absolute Gasteiger partial charge is 0.246 e. The van der Waals surface area contributed by atoms with Crippen molar-refractivity contribution in [3.05, 3.63) is 0 Å². The Labute approximate surface area is 104 Å². The third-order valence-corrected chi connectivity index (χ3v) is 2.68. The molecular weight excluding hydrogens is 242 g/mol. The van der Waals surface area contributed by atoms with Crippen LogP contribution in [0.2, 0.25) is 0 Å². The number of nitrogens with one attached hydrogen (secondary N) is 1. The minimum atomic E-state index is 0.323. The largest absolute Gasteiger partial charge is 0.378 e. The summed E-state index contributed by atoms with van der Waals surface area (Å²) in [5.41, 5.74) is 8.14. The Bertz CT molecular complexity index is 401. The Balaban J connectivity index is 2.09. The van der Waals surface area contributed by atoms with Crippen molar-refractivity contribution in [2.75, 3.05) is 36.9 Å². The van der Waals surface area contributed by atoms with E-state index in [9.17, 15) is 0 Å². The lowest BCUT2D eigenvalue weighted by Gasteiger charge is -2.25. The molecule has 17 heavy (non-hydrogen) atoms. The van der Waals surface area contributed by atoms with Crippen molar-refractivity contribution in [2.24, 2.45) is 5.84 Å². The average Bonchev–Trinajstić information content (AvgIpc) is 2.72. The van der Waals surface area contributed by atoms with Gasteiger partial charge >= 0.3 is 0 Å². The summed E-state index contributed by atoms with van der Waals surface area (Å²) >= 11 is 4.95. The molecule has 0 bridgehead atoms. The highest BCUT2D eigenvalue weighted by Gasteiger charge is 2.17. The van der Waals surface area contributed by atoms with Gasteiger partial charge in [0.2, 0.25) is 11.9 Å². The van der Waals surface area contributed by atoms with Gasteiger partial charge in [0.1, 0.15) is 4.99 Å². The topological polar surface area (TPSA) is 107 Å². The number of ether oxygens (including phenoxy) is 1. The molecule has 9 heteroatoms. The number of nitrogens with zero attached hydrogens (tertiary/aromatic N) is 4. The molecule has 1 aromatic rings. The van der Waals surface area contributed by atoms with Crippen LogP contribution < -0.4 is 21.9 Å². The molecule has 1 fully saturated rings. The van der Waals surface area contributed by atoms with Crippen molar-refractivity contribution in [3.63, 3.8) is 0 Å². The molecular formula is C8H15N7OS. The summed E-state index contributed by atoms with van der Waals surface area (Å²) in [7, 11) is 0. The van der Waals surface area contributed by atoms with Gasteiger partial charge in [-0.15, -0.1) is 5.10 Å². The van der Waals surface area contributed by atoms with Crippen molar-refractivity contribution in [2.45, 2.75) is 6.54 Å². The van der Waals surface area contributed by atoms with E-state index in [-0.39, 0.29) is 0 Å². The van der Waals surface area contributed by atoms with Gasteiger partial charge in [-0.05, 0) is 0 Å². The van der Waals surface area contributed by atoms with Crippen molar-refractivity contribution < 1.29 is 4.74 Å². The van der Waals surface area contributed by atoms with Crippen LogP contribution in [0.4, 0.5) is 11.9 Å². The highest BCUT2D eigenvalue weighted by Crippen LogP contribution is 2.12. The van der Waals surface area contributed by atoms with E-state index < -0.39 is 0 Å². The van der Waals surface area contributed by atoms with Crippen LogP contribution in [-0.4, -0.2) is 46.1 Å². The Hall–Kier alpha value is -1.45. The number of hydrogen-bond acceptors (Lipinski definition) is 7. The van der Waals surface area contributed by atoms with Gasteiger partial charge in [-0.1, -0.05) is 12.2 Å². The minimum absolute atomic E-state index is 0.323. The molecule has 0 atom stereocenters. The normalized spacial score (nSPS) is 15.9. The molecule has 0 aliphatic carbocycles. The zero-order valence-corrected chi connectivity index (χ0v) is 10.1. The number of rotatable bonds is 3. The van der Waals surface area contributed by atoms with Gasteiger partial charge in [0.15, 0.2) is 0 Å². The molecule has 2 heterocycles. The van der Waals surface area contributed by atoms with Crippen LogP contribution in [0, 0.1) is 0 Å². The number of nitrogens with two attached hydrogens (primary N) is 2. The third kappa shape index (κ3) is 2.81. The molecule has 0 radical (unpaired) electrons. The first-order valence-corrected chi connectivity index (χ1v) is 5.64. The molecule has 0 aromatic carbocycles. The first-order valence-electron chi connectivity index (χ1n) is 5.23. The van der Waals surface area contributed by atoms with Gasteiger partial charge in [0.25, 0.3) is 0 Å². The van der Waals surface area contributed by atoms with E-state index >= 15 is 0 Å². The van der Waals surface area contributed by atoms with Crippen molar-refractivity contribution in [1.82, 2.24) is 20.2 Å². The molecule has 1 aliphatic heterocycles. The van der Waals surface area contributed by atoms with E-state index in [0.29, 0.717) is 36.6 Å². The monoisotopic (exact) mass is 257 g/mol. The van der Waals surface area contributed by atoms with Crippen molar-refractivity contribution >= 4 is 29.1 Å². The average molecular weight is 257 g/mol. The van der Waals surface area contributed by atoms with Crippen LogP contribution in [0.3, 0.4) is 0 Å². The summed E-state index contributed by atoms with van der Waals surface area (Å²) in [6.07, 6.45) is 0. The maximum Gasteiger partial charge on any atom is 0.246 e. The first kappa shape index (κ1) is 12.0. The van der Waals surface area contributed by atoms with E-state index in [1.54, 1.807) is 0 Å². The summed E-state index contributed by atoms with van der Waals surface area (Å²) in [6, 6.07) is 0. The number of nitrogen functional groups attached to an aromatic ring is 1. The van der Waals surface area contributed by atoms with Crippen molar-refractivity contribution in [1.29, 1.82) is 0 Å². The van der Waals surface area contributed by atoms with Gasteiger partial charge in [-0.3, -0.25) is 0 Å². The maximum absolute atomic E-state index is 5.75. The number of anilines is 2. The fourth-order valence-electron chi connectivity index (χ4n) is 1.54. The lowest BCUT2D eigenvalue weighted by Crippen LogP contribution is -2.37. The van der Waals surface area contributed by atoms with E-state index in [1.165, 1.54) is 4.68 Å². The highest BCUT2D eigenvalue weighted by molar-refractivity contribution is 7.80. The standard InChI is InChI=1S/C8H15N7OS/c9-7-11-8(14-1-3-16-4-2-14)13-15(7)5-6(17)12-10/h1-5,10H2,(H,12,17)(H2,9,11,13). The second-order valence-corrected chi connectivity index (χ2v) is 4.09. The fourth-order valence-corrected chi connectivity index (χ4v) is 1.66. The summed E-state index contributed by atoms with van der Waals surface area (Å²) in [4.78, 5) is 6.67. The van der Waals surface area contributed by atoms with Crippen LogP contribution >= 0.6 is 12.2 Å². The summed E-state index contributed by atoms with van der Waals surface area (Å²) in [5, 5.41) is 4.29. The molecule has 94 valence electrons. The molecule has 8 nitrogen and oxygen atoms in total. The Morgan fingerprint density at radius 3 is 2.82 bits per heavy atom. The lowest BCUT2D eigenvalue weighted by molar-refractivity contribution is 0.122. The number of aromatic nitrogens is 3. The zero-order valence-electron chi connectivity index (χ0n) is 9.30. The summed E-state index contributed by atoms with van der Waals surface area (Å²) < 4.78 is 6.78. The first-order chi connectivity index (χ1) is 8.20. The van der Waals surface area contributed by atoms with Crippen molar-refractivity contribution in [3.8, 4) is 0 Å². The second-order valence-electron chi connectivity index (χ2n) is 3.59. The SMILES string of the molecule is NNC(=S)Cn1nc(N2CCOCC2)nc1N. The van der Waals surface area contributed by atoms with E-state index in [2.05, 4.69) is 15.5 Å². The number of morpholine rings is 1. The maximum atomic E-state index is 5.75. The molecule has 0 unspecified atom stereocenters. The van der Waals surface area contributed by atoms with E-state index in [0.717, 1.165) is 13.1 Å². The second kappa shape index (κ2) is 5.25. The molecule has 1 aliphatic rings. The summed E-state index contributed by atoms with van der Waals surface area (Å²) in [6.45, 7) is 3.22. The number of thiocarbonyl (C=S) groups is 1. The zero-order chi connectivity index (χ0) is 12.3. The van der Waals surface area contributed by atoms with E-state index in [1.807, 2.05) is 4.90 Å². The highest BCUT2D eigenvalue weighted by atomic mass is 32.1. The van der Waals surface area contributed by atoms with Gasteiger partial charge in [-0.25, -0.2) is 10.5 Å². The van der Waals surface area contributed by atoms with Gasteiger partial charge < -0.3 is 20.8 Å². The predicted molar refractivity (Wildman–Crippen MR) is 67.4 cm³/mol. The molecule has 0 saturated carbocycles. The molecule has 1 saturated heterocycles. The molecule has 1 aromatic heterocycles.